The molecule has 1 heterocycles. The zero-order chi connectivity index (χ0) is 8.77. The van der Waals surface area contributed by atoms with Crippen LogP contribution < -0.4 is 0 Å². The first kappa shape index (κ1) is 8.89. The summed E-state index contributed by atoms with van der Waals surface area (Å²) < 4.78 is 0. The van der Waals surface area contributed by atoms with Crippen LogP contribution in [0.2, 0.25) is 0 Å². The molecule has 0 aromatic rings. The van der Waals surface area contributed by atoms with Gasteiger partial charge in [-0.2, -0.15) is 0 Å². The molecule has 1 nitrogen and oxygen atoms in total. The predicted molar refractivity (Wildman–Crippen MR) is 55.4 cm³/mol. The summed E-state index contributed by atoms with van der Waals surface area (Å²) in [5, 5.41) is 0. The molecule has 70 valence electrons. The van der Waals surface area contributed by atoms with Crippen LogP contribution in [0.15, 0.2) is 0 Å². The zero-order valence-electron chi connectivity index (χ0n) is 8.34. The van der Waals surface area contributed by atoms with E-state index in [0.29, 0.717) is 5.41 Å². The lowest BCUT2D eigenvalue weighted by Crippen LogP contribution is -2.33. The highest BCUT2D eigenvalue weighted by molar-refractivity contribution is 7.99. The molecule has 2 rings (SSSR count). The number of hydrogen-bond donors (Lipinski definition) is 0. The molecule has 2 aliphatic rings. The summed E-state index contributed by atoms with van der Waals surface area (Å²) in [7, 11) is 0. The third-order valence-corrected chi connectivity index (χ3v) is 4.51. The van der Waals surface area contributed by atoms with Crippen molar-refractivity contribution in [3.8, 4) is 0 Å². The second-order valence-corrected chi connectivity index (χ2v) is 5.96. The molecule has 0 spiro atoms. The van der Waals surface area contributed by atoms with Gasteiger partial charge in [-0.25, -0.2) is 0 Å². The molecule has 0 amide bonds. The Bertz CT molecular complexity index is 168. The smallest absolute Gasteiger partial charge is 0.0448 e. The molecule has 1 aliphatic heterocycles. The molecule has 1 saturated carbocycles. The molecular formula is C10H19NS. The fraction of sp³-hybridized carbons (Fsp3) is 1.00. The number of nitrogens with zero attached hydrogens (tertiary/aromatic N) is 1. The first-order valence-corrected chi connectivity index (χ1v) is 6.08. The lowest BCUT2D eigenvalue weighted by Gasteiger charge is -2.24. The van der Waals surface area contributed by atoms with Crippen molar-refractivity contribution in [2.45, 2.75) is 33.2 Å². The minimum absolute atomic E-state index is 0.646. The van der Waals surface area contributed by atoms with Gasteiger partial charge in [0, 0.05) is 24.2 Å². The lowest BCUT2D eigenvalue weighted by atomic mass is 10.0. The maximum Gasteiger partial charge on any atom is 0.0448 e. The van der Waals surface area contributed by atoms with Crippen LogP contribution in [0, 0.1) is 11.3 Å². The van der Waals surface area contributed by atoms with Crippen molar-refractivity contribution in [1.29, 1.82) is 0 Å². The summed E-state index contributed by atoms with van der Waals surface area (Å²) in [4.78, 5) is 2.64. The summed E-state index contributed by atoms with van der Waals surface area (Å²) in [5.74, 6) is 3.59. The molecule has 2 fully saturated rings. The molecule has 2 heteroatoms. The van der Waals surface area contributed by atoms with Crippen molar-refractivity contribution in [2.75, 3.05) is 18.2 Å². The van der Waals surface area contributed by atoms with Gasteiger partial charge in [-0.05, 0) is 24.7 Å². The summed E-state index contributed by atoms with van der Waals surface area (Å²) in [6.07, 6.45) is 1.44. The first-order chi connectivity index (χ1) is 5.61. The van der Waals surface area contributed by atoms with E-state index in [1.165, 1.54) is 24.6 Å². The van der Waals surface area contributed by atoms with Crippen molar-refractivity contribution in [3.63, 3.8) is 0 Å². The van der Waals surface area contributed by atoms with Crippen LogP contribution in [0.3, 0.4) is 0 Å². The van der Waals surface area contributed by atoms with Crippen molar-refractivity contribution < 1.29 is 0 Å². The minimum atomic E-state index is 0.646. The van der Waals surface area contributed by atoms with Crippen molar-refractivity contribution in [1.82, 2.24) is 4.90 Å². The second-order valence-electron chi connectivity index (χ2n) is 4.89. The van der Waals surface area contributed by atoms with E-state index in [4.69, 9.17) is 0 Å². The Morgan fingerprint density at radius 3 is 2.58 bits per heavy atom. The van der Waals surface area contributed by atoms with E-state index < -0.39 is 0 Å². The SMILES string of the molecule is CC(C1CC1(C)C)N1CCSC1. The second kappa shape index (κ2) is 2.91. The zero-order valence-corrected chi connectivity index (χ0v) is 9.16. The normalized spacial score (nSPS) is 36.8. The van der Waals surface area contributed by atoms with Gasteiger partial charge in [0.25, 0.3) is 0 Å². The van der Waals surface area contributed by atoms with E-state index in [1.807, 2.05) is 0 Å². The average Bonchev–Trinajstić information content (AvgIpc) is 2.56. The molecule has 0 aromatic heterocycles. The Balaban J connectivity index is 1.88. The van der Waals surface area contributed by atoms with Gasteiger partial charge in [0.2, 0.25) is 0 Å². The molecule has 2 unspecified atom stereocenters. The van der Waals surface area contributed by atoms with Gasteiger partial charge in [0.1, 0.15) is 0 Å². The van der Waals surface area contributed by atoms with Gasteiger partial charge in [-0.1, -0.05) is 13.8 Å². The molecule has 0 aromatic carbocycles. The van der Waals surface area contributed by atoms with E-state index in [1.54, 1.807) is 0 Å². The Labute approximate surface area is 79.9 Å². The number of thioether (sulfide) groups is 1. The molecule has 0 bridgehead atoms. The van der Waals surface area contributed by atoms with Crippen LogP contribution in [0.4, 0.5) is 0 Å². The molecule has 0 N–H and O–H groups in total. The van der Waals surface area contributed by atoms with Gasteiger partial charge in [0.15, 0.2) is 0 Å². The Kier molecular flexibility index (Phi) is 2.16. The minimum Gasteiger partial charge on any atom is -0.290 e. The Morgan fingerprint density at radius 1 is 1.50 bits per heavy atom. The molecule has 2 atom stereocenters. The van der Waals surface area contributed by atoms with Gasteiger partial charge in [-0.3, -0.25) is 4.90 Å². The third kappa shape index (κ3) is 1.51. The van der Waals surface area contributed by atoms with Crippen LogP contribution in [0.5, 0.6) is 0 Å². The highest BCUT2D eigenvalue weighted by Gasteiger charge is 2.50. The fourth-order valence-corrected chi connectivity index (χ4v) is 3.43. The Hall–Kier alpha value is 0.310. The quantitative estimate of drug-likeness (QED) is 0.650. The summed E-state index contributed by atoms with van der Waals surface area (Å²) >= 11 is 2.08. The van der Waals surface area contributed by atoms with Crippen LogP contribution in [-0.2, 0) is 0 Å². The third-order valence-electron chi connectivity index (χ3n) is 3.53. The Morgan fingerprint density at radius 2 is 2.17 bits per heavy atom. The van der Waals surface area contributed by atoms with Crippen LogP contribution in [0.1, 0.15) is 27.2 Å². The molecule has 12 heavy (non-hydrogen) atoms. The maximum atomic E-state index is 2.64. The largest absolute Gasteiger partial charge is 0.290 e. The van der Waals surface area contributed by atoms with E-state index in [2.05, 4.69) is 37.4 Å². The maximum absolute atomic E-state index is 2.64. The van der Waals surface area contributed by atoms with Gasteiger partial charge in [-0.15, -0.1) is 11.8 Å². The fourth-order valence-electron chi connectivity index (χ4n) is 2.34. The van der Waals surface area contributed by atoms with E-state index in [0.717, 1.165) is 12.0 Å². The van der Waals surface area contributed by atoms with Crippen LogP contribution in [0.25, 0.3) is 0 Å². The standard InChI is InChI=1S/C10H19NS/c1-8(9-6-10(9,2)3)11-4-5-12-7-11/h8-9H,4-7H2,1-3H3. The summed E-state index contributed by atoms with van der Waals surface area (Å²) in [6, 6.07) is 0.829. The monoisotopic (exact) mass is 185 g/mol. The van der Waals surface area contributed by atoms with Crippen molar-refractivity contribution in [2.24, 2.45) is 11.3 Å². The number of rotatable bonds is 2. The van der Waals surface area contributed by atoms with Crippen LogP contribution >= 0.6 is 11.8 Å². The van der Waals surface area contributed by atoms with E-state index in [9.17, 15) is 0 Å². The van der Waals surface area contributed by atoms with Crippen molar-refractivity contribution in [3.05, 3.63) is 0 Å². The van der Waals surface area contributed by atoms with Gasteiger partial charge in [0.05, 0.1) is 0 Å². The molecule has 1 saturated heterocycles. The number of hydrogen-bond acceptors (Lipinski definition) is 2. The van der Waals surface area contributed by atoms with E-state index >= 15 is 0 Å². The highest BCUT2D eigenvalue weighted by atomic mass is 32.2. The topological polar surface area (TPSA) is 3.24 Å². The highest BCUT2D eigenvalue weighted by Crippen LogP contribution is 2.54. The molecule has 1 aliphatic carbocycles. The van der Waals surface area contributed by atoms with Crippen LogP contribution in [-0.4, -0.2) is 29.1 Å². The first-order valence-electron chi connectivity index (χ1n) is 4.93. The molecule has 0 radical (unpaired) electrons. The molecular weight excluding hydrogens is 166 g/mol. The predicted octanol–water partition coefficient (Wildman–Crippen LogP) is 2.43. The van der Waals surface area contributed by atoms with Crippen molar-refractivity contribution >= 4 is 11.8 Å². The van der Waals surface area contributed by atoms with Gasteiger partial charge < -0.3 is 0 Å². The summed E-state index contributed by atoms with van der Waals surface area (Å²) in [5.41, 5.74) is 0.646. The summed E-state index contributed by atoms with van der Waals surface area (Å²) in [6.45, 7) is 8.53. The van der Waals surface area contributed by atoms with E-state index in [-0.39, 0.29) is 0 Å². The lowest BCUT2D eigenvalue weighted by molar-refractivity contribution is 0.229. The van der Waals surface area contributed by atoms with Gasteiger partial charge >= 0.3 is 0 Å². The average molecular weight is 185 g/mol.